The summed E-state index contributed by atoms with van der Waals surface area (Å²) in [6.45, 7) is 10.0. The molecule has 186 valence electrons. The quantitative estimate of drug-likeness (QED) is 0.315. The lowest BCUT2D eigenvalue weighted by Crippen LogP contribution is -2.34. The Morgan fingerprint density at radius 2 is 1.47 bits per heavy atom. The Morgan fingerprint density at radius 1 is 0.882 bits per heavy atom. The lowest BCUT2D eigenvalue weighted by atomic mass is 9.67. The Balaban J connectivity index is 1.46. The molecule has 1 unspecified atom stereocenters. The van der Waals surface area contributed by atoms with Crippen molar-refractivity contribution in [3.63, 3.8) is 0 Å². The minimum Gasteiger partial charge on any atom is -0.375 e. The second-order valence-electron chi connectivity index (χ2n) is 12.0. The summed E-state index contributed by atoms with van der Waals surface area (Å²) in [6, 6.07) is 22.4. The van der Waals surface area contributed by atoms with Gasteiger partial charge in [0.25, 0.3) is 0 Å². The van der Waals surface area contributed by atoms with Gasteiger partial charge in [-0.2, -0.15) is 0 Å². The van der Waals surface area contributed by atoms with Crippen molar-refractivity contribution < 1.29 is 9.47 Å². The standard InChI is InChI=1S/C32H46O2/c1-5-6-20-32(26-14-9-7-10-15-26,27-16-11-8-12-17-27)21-13-18-29(30(2,3)4)33-25-28-19-22-31(34-28)23-24-31/h7-12,14-17,28-29H,5-6,13,18-25H2,1-4H3/t28?,29-/m0/s1. The molecule has 1 saturated carbocycles. The van der Waals surface area contributed by atoms with Crippen molar-refractivity contribution in [3.8, 4) is 0 Å². The number of hydrogen-bond donors (Lipinski definition) is 0. The normalized spacial score (nSPS) is 20.5. The Bertz CT molecular complexity index is 823. The zero-order chi connectivity index (χ0) is 24.1. The van der Waals surface area contributed by atoms with Gasteiger partial charge < -0.3 is 9.47 Å². The number of ether oxygens (including phenoxy) is 2. The Labute approximate surface area is 208 Å². The van der Waals surface area contributed by atoms with E-state index in [2.05, 4.69) is 88.4 Å². The summed E-state index contributed by atoms with van der Waals surface area (Å²) < 4.78 is 12.9. The summed E-state index contributed by atoms with van der Waals surface area (Å²) in [4.78, 5) is 0. The van der Waals surface area contributed by atoms with Crippen LogP contribution in [0.15, 0.2) is 60.7 Å². The molecule has 2 fully saturated rings. The topological polar surface area (TPSA) is 18.5 Å². The maximum atomic E-state index is 6.59. The van der Waals surface area contributed by atoms with E-state index in [0.717, 1.165) is 25.9 Å². The molecule has 0 bridgehead atoms. The van der Waals surface area contributed by atoms with Gasteiger partial charge in [0.1, 0.15) is 0 Å². The monoisotopic (exact) mass is 462 g/mol. The zero-order valence-electron chi connectivity index (χ0n) is 22.0. The van der Waals surface area contributed by atoms with Gasteiger partial charge >= 0.3 is 0 Å². The fraction of sp³-hybridized carbons (Fsp3) is 0.625. The maximum absolute atomic E-state index is 6.59. The second-order valence-corrected chi connectivity index (χ2v) is 12.0. The fourth-order valence-electron chi connectivity index (χ4n) is 5.96. The number of unbranched alkanes of at least 4 members (excludes halogenated alkanes) is 1. The molecule has 0 amide bonds. The fourth-order valence-corrected chi connectivity index (χ4v) is 5.96. The first kappa shape index (κ1) is 25.5. The maximum Gasteiger partial charge on any atom is 0.0817 e. The van der Waals surface area contributed by atoms with Crippen LogP contribution < -0.4 is 0 Å². The third-order valence-electron chi connectivity index (χ3n) is 8.28. The smallest absolute Gasteiger partial charge is 0.0817 e. The first-order chi connectivity index (χ1) is 16.4. The molecule has 2 aliphatic rings. The van der Waals surface area contributed by atoms with Gasteiger partial charge in [0, 0.05) is 5.41 Å². The van der Waals surface area contributed by atoms with Crippen LogP contribution >= 0.6 is 0 Å². The van der Waals surface area contributed by atoms with Gasteiger partial charge in [-0.1, -0.05) is 101 Å². The summed E-state index contributed by atoms with van der Waals surface area (Å²) in [5.74, 6) is 0. The van der Waals surface area contributed by atoms with Crippen molar-refractivity contribution in [3.05, 3.63) is 71.8 Å². The van der Waals surface area contributed by atoms with Crippen molar-refractivity contribution in [1.29, 1.82) is 0 Å². The second kappa shape index (κ2) is 11.0. The third-order valence-corrected chi connectivity index (χ3v) is 8.28. The first-order valence-corrected chi connectivity index (χ1v) is 13.8. The van der Waals surface area contributed by atoms with Crippen molar-refractivity contribution >= 4 is 0 Å². The molecule has 2 nitrogen and oxygen atoms in total. The van der Waals surface area contributed by atoms with Gasteiger partial charge in [-0.15, -0.1) is 0 Å². The summed E-state index contributed by atoms with van der Waals surface area (Å²) in [6.07, 6.45) is 12.5. The predicted molar refractivity (Wildman–Crippen MR) is 142 cm³/mol. The first-order valence-electron chi connectivity index (χ1n) is 13.8. The van der Waals surface area contributed by atoms with E-state index in [0.29, 0.717) is 6.10 Å². The highest BCUT2D eigenvalue weighted by Gasteiger charge is 2.50. The van der Waals surface area contributed by atoms with Gasteiger partial charge in [0.2, 0.25) is 0 Å². The predicted octanol–water partition coefficient (Wildman–Crippen LogP) is 8.48. The minimum absolute atomic E-state index is 0.0634. The van der Waals surface area contributed by atoms with Gasteiger partial charge in [-0.05, 0) is 67.9 Å². The van der Waals surface area contributed by atoms with E-state index in [1.807, 2.05) is 0 Å². The molecule has 2 atom stereocenters. The van der Waals surface area contributed by atoms with Crippen LogP contribution in [0.5, 0.6) is 0 Å². The van der Waals surface area contributed by atoms with Crippen molar-refractivity contribution in [2.45, 2.75) is 115 Å². The van der Waals surface area contributed by atoms with Gasteiger partial charge in [-0.25, -0.2) is 0 Å². The molecule has 0 N–H and O–H groups in total. The number of rotatable bonds is 12. The Kier molecular flexibility index (Phi) is 8.20. The average Bonchev–Trinajstić information content (AvgIpc) is 3.48. The summed E-state index contributed by atoms with van der Waals surface area (Å²) in [5.41, 5.74) is 3.35. The van der Waals surface area contributed by atoms with E-state index >= 15 is 0 Å². The van der Waals surface area contributed by atoms with Crippen LogP contribution in [0.3, 0.4) is 0 Å². The van der Waals surface area contributed by atoms with Crippen LogP contribution in [0.4, 0.5) is 0 Å². The molecule has 0 radical (unpaired) electrons. The SMILES string of the molecule is CCCCC(CCC[C@H](OCC1CCC2(CC2)O1)C(C)(C)C)(c1ccccc1)c1ccccc1. The molecular formula is C32H46O2. The summed E-state index contributed by atoms with van der Waals surface area (Å²) >= 11 is 0. The zero-order valence-corrected chi connectivity index (χ0v) is 22.0. The molecule has 1 spiro atoms. The third kappa shape index (κ3) is 6.13. The Morgan fingerprint density at radius 3 is 1.97 bits per heavy atom. The summed E-state index contributed by atoms with van der Waals surface area (Å²) in [5, 5.41) is 0. The van der Waals surface area contributed by atoms with Crippen LogP contribution in [0.2, 0.25) is 0 Å². The van der Waals surface area contributed by atoms with Gasteiger partial charge in [0.05, 0.1) is 24.4 Å². The molecule has 2 aromatic rings. The van der Waals surface area contributed by atoms with E-state index in [9.17, 15) is 0 Å². The highest BCUT2D eigenvalue weighted by atomic mass is 16.6. The Hall–Kier alpha value is -1.64. The lowest BCUT2D eigenvalue weighted by molar-refractivity contribution is -0.0812. The molecule has 0 aromatic heterocycles. The van der Waals surface area contributed by atoms with E-state index in [1.165, 1.54) is 56.1 Å². The number of hydrogen-bond acceptors (Lipinski definition) is 2. The van der Waals surface area contributed by atoms with Crippen LogP contribution in [-0.2, 0) is 14.9 Å². The molecule has 2 heteroatoms. The van der Waals surface area contributed by atoms with E-state index in [4.69, 9.17) is 9.47 Å². The highest BCUT2D eigenvalue weighted by Crippen LogP contribution is 2.49. The molecule has 1 heterocycles. The average molecular weight is 463 g/mol. The molecule has 4 rings (SSSR count). The number of benzene rings is 2. The van der Waals surface area contributed by atoms with Crippen molar-refractivity contribution in [1.82, 2.24) is 0 Å². The summed E-state index contributed by atoms with van der Waals surface area (Å²) in [7, 11) is 0. The van der Waals surface area contributed by atoms with Crippen LogP contribution in [0.1, 0.15) is 103 Å². The molecule has 1 aliphatic carbocycles. The van der Waals surface area contributed by atoms with Crippen molar-refractivity contribution in [2.24, 2.45) is 5.41 Å². The molecule has 2 aromatic carbocycles. The van der Waals surface area contributed by atoms with E-state index in [1.54, 1.807) is 0 Å². The van der Waals surface area contributed by atoms with Gasteiger partial charge in [-0.3, -0.25) is 0 Å². The van der Waals surface area contributed by atoms with Crippen LogP contribution in [-0.4, -0.2) is 24.4 Å². The molecule has 34 heavy (non-hydrogen) atoms. The molecule has 1 aliphatic heterocycles. The van der Waals surface area contributed by atoms with Crippen LogP contribution in [0, 0.1) is 5.41 Å². The van der Waals surface area contributed by atoms with Gasteiger partial charge in [0.15, 0.2) is 0 Å². The van der Waals surface area contributed by atoms with Crippen molar-refractivity contribution in [2.75, 3.05) is 6.61 Å². The minimum atomic E-state index is 0.0634. The van der Waals surface area contributed by atoms with E-state index in [-0.39, 0.29) is 22.5 Å². The largest absolute Gasteiger partial charge is 0.375 e. The van der Waals surface area contributed by atoms with Crippen LogP contribution in [0.25, 0.3) is 0 Å². The molecular weight excluding hydrogens is 416 g/mol. The van der Waals surface area contributed by atoms with E-state index < -0.39 is 0 Å². The highest BCUT2D eigenvalue weighted by molar-refractivity contribution is 5.39. The lowest BCUT2D eigenvalue weighted by Gasteiger charge is -2.37. The molecule has 1 saturated heterocycles.